The first-order valence-electron chi connectivity index (χ1n) is 15.0. The van der Waals surface area contributed by atoms with Crippen molar-refractivity contribution >= 4 is 179 Å². The van der Waals surface area contributed by atoms with Crippen LogP contribution in [0.1, 0.15) is 32.3 Å². The van der Waals surface area contributed by atoms with Gasteiger partial charge >= 0.3 is 12.2 Å². The number of amides is 3. The number of likely N-dealkylation sites (tertiary alicyclic amines) is 1. The van der Waals surface area contributed by atoms with Crippen molar-refractivity contribution in [2.24, 2.45) is 5.92 Å². The summed E-state index contributed by atoms with van der Waals surface area (Å²) in [5, 5.41) is 2.66. The highest BCUT2D eigenvalue weighted by atomic mass is 33.4. The van der Waals surface area contributed by atoms with Crippen molar-refractivity contribution in [3.8, 4) is 11.3 Å². The summed E-state index contributed by atoms with van der Waals surface area (Å²) >= 11 is 0. The summed E-state index contributed by atoms with van der Waals surface area (Å²) in [4.78, 5) is 36.4. The molecule has 1 aromatic heterocycles. The summed E-state index contributed by atoms with van der Waals surface area (Å²) in [5.74, 6) is 0.266. The van der Waals surface area contributed by atoms with Crippen molar-refractivity contribution in [1.82, 2.24) is 19.8 Å². The number of hydrogen-bond acceptors (Lipinski definition) is 4. The first kappa shape index (κ1) is 53.6. The molecule has 1 N–H and O–H groups in total. The van der Waals surface area contributed by atoms with Gasteiger partial charge in [0.1, 0.15) is 0 Å². The van der Waals surface area contributed by atoms with Crippen LogP contribution >= 0.6 is 161 Å². The maximum Gasteiger partial charge on any atom is 0.416 e. The van der Waals surface area contributed by atoms with Crippen LogP contribution < -0.4 is 5.32 Å². The lowest BCUT2D eigenvalue weighted by atomic mass is 10.0. The monoisotopic (exact) mass is 1090 g/mol. The quantitative estimate of drug-likeness (QED) is 0.170. The van der Waals surface area contributed by atoms with E-state index in [9.17, 15) is 22.8 Å². The highest BCUT2D eigenvalue weighted by Crippen LogP contribution is 3.25. The Morgan fingerprint density at radius 1 is 0.904 bits per heavy atom. The molecule has 52 heavy (non-hydrogen) atoms. The summed E-state index contributed by atoms with van der Waals surface area (Å²) in [5.41, 5.74) is -0.216. The minimum absolute atomic E-state index is 0.0106. The van der Waals surface area contributed by atoms with E-state index < -0.39 is 11.7 Å². The van der Waals surface area contributed by atoms with Crippen molar-refractivity contribution < 1.29 is 22.8 Å². The van der Waals surface area contributed by atoms with Gasteiger partial charge < -0.3 is 9.80 Å². The SMILES string of the molecule is CC(C)C(=O)N1CCC(N(C)C(=O)Nc2cnc(-c3cccc(C(F)(F)F)c3)cn2)CC1.PPPP(PP)P(P(PP)PP)P(PP)P(PP)PP. The number of anilines is 1. The summed E-state index contributed by atoms with van der Waals surface area (Å²) < 4.78 is 38.7. The Hall–Kier alpha value is 5.43. The van der Waals surface area contributed by atoms with Gasteiger partial charge in [0.15, 0.2) is 5.82 Å². The molecule has 18 unspecified atom stereocenters. The minimum Gasteiger partial charge on any atom is -0.342 e. The van der Waals surface area contributed by atoms with Crippen LogP contribution in [0, 0.1) is 5.92 Å². The molecule has 2 heterocycles. The molecule has 3 rings (SSSR count). The molecule has 1 aliphatic heterocycles. The molecule has 1 fully saturated rings. The fraction of sp³-hybridized carbons (Fsp3) is 0.455. The Kier molecular flexibility index (Phi) is 29.8. The average molecular weight is 1090 g/mol. The van der Waals surface area contributed by atoms with Crippen molar-refractivity contribution in [3.63, 3.8) is 0 Å². The van der Waals surface area contributed by atoms with E-state index in [1.165, 1.54) is 40.4 Å². The lowest BCUT2D eigenvalue weighted by molar-refractivity contribution is -0.137. The van der Waals surface area contributed by atoms with Gasteiger partial charge in [0.25, 0.3) is 0 Å². The van der Waals surface area contributed by atoms with Crippen LogP contribution in [0.3, 0.4) is 0 Å². The van der Waals surface area contributed by atoms with Gasteiger partial charge in [0.05, 0.1) is 23.7 Å². The van der Waals surface area contributed by atoms with Gasteiger partial charge in [-0.15, -0.1) is 62.5 Å². The molecule has 7 nitrogen and oxygen atoms in total. The predicted molar refractivity (Wildman–Crippen MR) is 283 cm³/mol. The highest BCUT2D eigenvalue weighted by Gasteiger charge is 2.36. The molecule has 0 aliphatic carbocycles. The maximum atomic E-state index is 12.9. The van der Waals surface area contributed by atoms with Crippen molar-refractivity contribution in [2.75, 3.05) is 25.5 Å². The number of nitrogens with zero attached hydrogens (tertiary/aromatic N) is 4. The zero-order chi connectivity index (χ0) is 39.0. The zero-order valence-electron chi connectivity index (χ0n) is 28.5. The first-order chi connectivity index (χ1) is 24.7. The Bertz CT molecular complexity index is 1360. The van der Waals surface area contributed by atoms with E-state index in [2.05, 4.69) is 77.8 Å². The summed E-state index contributed by atoms with van der Waals surface area (Å²) in [6.07, 6.45) is -0.447. The van der Waals surface area contributed by atoms with E-state index in [4.69, 9.17) is 0 Å². The first-order valence-corrected chi connectivity index (χ1v) is 52.1. The number of alkyl halides is 3. The molecule has 0 spiro atoms. The molecule has 3 amide bonds. The largest absolute Gasteiger partial charge is 0.416 e. The molecule has 1 aromatic carbocycles. The smallest absolute Gasteiger partial charge is 0.342 e. The molecule has 0 bridgehead atoms. The third-order valence-corrected chi connectivity index (χ3v) is 136. The molecule has 30 heteroatoms. The molecule has 0 saturated carbocycles. The van der Waals surface area contributed by atoms with Crippen LogP contribution in [0.25, 0.3) is 11.3 Å². The second-order valence-corrected chi connectivity index (χ2v) is 76.3. The second-order valence-electron chi connectivity index (χ2n) is 10.6. The third kappa shape index (κ3) is 17.7. The number of hydrogen-bond donors (Lipinski definition) is 1. The van der Waals surface area contributed by atoms with Crippen LogP contribution in [0.5, 0.6) is 0 Å². The van der Waals surface area contributed by atoms with Crippen LogP contribution in [-0.4, -0.2) is 57.9 Å². The van der Waals surface area contributed by atoms with Gasteiger partial charge in [0, 0.05) is 37.7 Å². The number of aromatic nitrogens is 2. The highest BCUT2D eigenvalue weighted by molar-refractivity contribution is 9.31. The second kappa shape index (κ2) is 28.9. The lowest BCUT2D eigenvalue weighted by Crippen LogP contribution is -2.49. The number of urea groups is 1. The number of rotatable bonds is 16. The van der Waals surface area contributed by atoms with E-state index in [-0.39, 0.29) is 41.0 Å². The fourth-order valence-electron chi connectivity index (χ4n) is 4.52. The van der Waals surface area contributed by atoms with Gasteiger partial charge in [-0.3, -0.25) is 15.1 Å². The van der Waals surface area contributed by atoms with Crippen molar-refractivity contribution in [3.05, 3.63) is 42.2 Å². The molecular weight excluding hydrogens is 1040 g/mol. The van der Waals surface area contributed by atoms with E-state index in [1.807, 2.05) is 18.7 Å². The van der Waals surface area contributed by atoms with Crippen LogP contribution in [0.15, 0.2) is 36.7 Å². The van der Waals surface area contributed by atoms with E-state index in [0.29, 0.717) is 60.9 Å². The van der Waals surface area contributed by atoms with Gasteiger partial charge in [-0.25, -0.2) is 9.78 Å². The zero-order valence-corrected chi connectivity index (χ0v) is 49.0. The van der Waals surface area contributed by atoms with Gasteiger partial charge in [0.2, 0.25) is 5.91 Å². The Morgan fingerprint density at radius 3 is 1.96 bits per heavy atom. The molecule has 1 aliphatic rings. The van der Waals surface area contributed by atoms with Gasteiger partial charge in [-0.2, -0.15) is 13.2 Å². The standard InChI is InChI=1S/C22H26F3N5O2.H22P20/c1-14(2)20(31)30-9-7-17(8-10-30)29(3)21(32)28-19-13-26-18(12-27-19)15-5-4-6-16(11-15)22(23,24)25;1-8-15-18(13-6)20(17(11-4)12-5)19(14-7)16(9-2)10-3/h4-6,11-14,17H,7-10H2,1-3H3,(H,27,28,32);8-15H,1-7H2. The summed E-state index contributed by atoms with van der Waals surface area (Å²) in [6, 6.07) is 4.45. The number of nitrogens with one attached hydrogen (secondary N) is 1. The number of halogens is 3. The Balaban J connectivity index is 0.000000405. The van der Waals surface area contributed by atoms with E-state index in [1.54, 1.807) is 11.9 Å². The Labute approximate surface area is 342 Å². The predicted octanol–water partition coefficient (Wildman–Crippen LogP) is 15.6. The summed E-state index contributed by atoms with van der Waals surface area (Å²) in [6.45, 7) is 6.69. The van der Waals surface area contributed by atoms with Crippen LogP contribution in [0.2, 0.25) is 0 Å². The lowest BCUT2D eigenvalue weighted by Gasteiger charge is -2.40. The number of carbonyl (C=O) groups excluding carboxylic acids is 2. The minimum atomic E-state index is -4.44. The van der Waals surface area contributed by atoms with Crippen LogP contribution in [-0.2, 0) is 11.0 Å². The molecule has 0 radical (unpaired) electrons. The molecule has 294 valence electrons. The van der Waals surface area contributed by atoms with Gasteiger partial charge in [-0.05, 0) is 59.9 Å². The third-order valence-electron chi connectivity index (χ3n) is 7.12. The van der Waals surface area contributed by atoms with Crippen molar-refractivity contribution in [1.29, 1.82) is 0 Å². The molecule has 1 saturated heterocycles. The topological polar surface area (TPSA) is 78.4 Å². The van der Waals surface area contributed by atoms with E-state index >= 15 is 0 Å². The number of piperidine rings is 1. The molecular formula is C22H48F3N5O2P20. The molecule has 18 atom stereocenters. The van der Waals surface area contributed by atoms with Crippen LogP contribution in [0.4, 0.5) is 23.8 Å². The summed E-state index contributed by atoms with van der Waals surface area (Å²) in [7, 11) is 32.7. The number of carbonyl (C=O) groups is 2. The van der Waals surface area contributed by atoms with Crippen molar-refractivity contribution in [2.45, 2.75) is 38.9 Å². The number of benzene rings is 1. The maximum absolute atomic E-state index is 12.9. The normalized spacial score (nSPS) is 18.5. The molecule has 2 aromatic rings. The average Bonchev–Trinajstić information content (AvgIpc) is 3.15. The van der Waals surface area contributed by atoms with E-state index in [0.717, 1.165) is 59.9 Å². The Morgan fingerprint density at radius 2 is 1.50 bits per heavy atom. The fourth-order valence-corrected chi connectivity index (χ4v) is 228. The van der Waals surface area contributed by atoms with Gasteiger partial charge in [-0.1, -0.05) is 89.6 Å².